The van der Waals surface area contributed by atoms with Crippen LogP contribution in [0.25, 0.3) is 0 Å². The van der Waals surface area contributed by atoms with Crippen molar-refractivity contribution in [1.82, 2.24) is 25.0 Å². The Morgan fingerprint density at radius 2 is 2.06 bits per heavy atom. The largest absolute Gasteiger partial charge is 0.338 e. The number of carbonyl (C=O) groups is 1. The second kappa shape index (κ2) is 4.83. The maximum atomic E-state index is 12.3. The molecular formula is C11H19N5O. The molecular weight excluding hydrogens is 218 g/mol. The van der Waals surface area contributed by atoms with Crippen LogP contribution in [-0.2, 0) is 4.79 Å². The van der Waals surface area contributed by atoms with Crippen molar-refractivity contribution in [2.45, 2.75) is 38.9 Å². The van der Waals surface area contributed by atoms with Crippen LogP contribution >= 0.6 is 0 Å². The zero-order valence-corrected chi connectivity index (χ0v) is 10.5. The van der Waals surface area contributed by atoms with Crippen molar-refractivity contribution in [3.05, 3.63) is 12.7 Å². The molecule has 6 nitrogen and oxygen atoms in total. The maximum absolute atomic E-state index is 12.3. The average molecular weight is 237 g/mol. The van der Waals surface area contributed by atoms with Crippen molar-refractivity contribution in [1.29, 1.82) is 0 Å². The van der Waals surface area contributed by atoms with Gasteiger partial charge in [-0.1, -0.05) is 0 Å². The van der Waals surface area contributed by atoms with Gasteiger partial charge in [-0.3, -0.25) is 4.79 Å². The molecule has 0 saturated carbocycles. The Hall–Kier alpha value is -1.43. The number of piperazine rings is 1. The van der Waals surface area contributed by atoms with E-state index in [1.54, 1.807) is 11.0 Å². The van der Waals surface area contributed by atoms with Gasteiger partial charge in [-0.2, -0.15) is 5.10 Å². The molecule has 0 bridgehead atoms. The van der Waals surface area contributed by atoms with Gasteiger partial charge in [0.2, 0.25) is 5.91 Å². The molecule has 3 unspecified atom stereocenters. The van der Waals surface area contributed by atoms with Gasteiger partial charge in [0.1, 0.15) is 18.7 Å². The summed E-state index contributed by atoms with van der Waals surface area (Å²) in [6.45, 7) is 7.55. The average Bonchev–Trinajstić information content (AvgIpc) is 2.79. The monoisotopic (exact) mass is 237 g/mol. The topological polar surface area (TPSA) is 63.1 Å². The molecule has 1 aromatic heterocycles. The lowest BCUT2D eigenvalue weighted by Crippen LogP contribution is -2.56. The van der Waals surface area contributed by atoms with Crippen LogP contribution in [0.1, 0.15) is 26.8 Å². The molecule has 1 fully saturated rings. The first kappa shape index (κ1) is 12.0. The number of amides is 1. The Bertz CT molecular complexity index is 367. The Morgan fingerprint density at radius 1 is 1.41 bits per heavy atom. The van der Waals surface area contributed by atoms with Crippen molar-refractivity contribution >= 4 is 5.91 Å². The molecule has 1 aliphatic rings. The fraction of sp³-hybridized carbons (Fsp3) is 0.727. The van der Waals surface area contributed by atoms with Crippen molar-refractivity contribution < 1.29 is 4.79 Å². The van der Waals surface area contributed by atoms with Gasteiger partial charge >= 0.3 is 0 Å². The molecule has 1 aliphatic heterocycles. The highest BCUT2D eigenvalue weighted by molar-refractivity contribution is 5.80. The van der Waals surface area contributed by atoms with Gasteiger partial charge in [-0.05, 0) is 20.8 Å². The van der Waals surface area contributed by atoms with Crippen molar-refractivity contribution in [3.8, 4) is 0 Å². The molecule has 2 heterocycles. The number of hydrogen-bond acceptors (Lipinski definition) is 4. The number of hydrogen-bond donors (Lipinski definition) is 1. The van der Waals surface area contributed by atoms with E-state index in [1.807, 2.05) is 11.8 Å². The molecule has 94 valence electrons. The summed E-state index contributed by atoms with van der Waals surface area (Å²) in [5, 5.41) is 7.42. The molecule has 3 atom stereocenters. The van der Waals surface area contributed by atoms with Crippen molar-refractivity contribution in [2.24, 2.45) is 0 Å². The van der Waals surface area contributed by atoms with Gasteiger partial charge < -0.3 is 10.2 Å². The summed E-state index contributed by atoms with van der Waals surface area (Å²) in [4.78, 5) is 18.1. The zero-order chi connectivity index (χ0) is 12.4. The third kappa shape index (κ3) is 2.63. The van der Waals surface area contributed by atoms with Crippen LogP contribution in [0.15, 0.2) is 12.7 Å². The molecule has 17 heavy (non-hydrogen) atoms. The summed E-state index contributed by atoms with van der Waals surface area (Å²) < 4.78 is 1.60. The van der Waals surface area contributed by atoms with E-state index in [-0.39, 0.29) is 11.9 Å². The number of nitrogens with one attached hydrogen (secondary N) is 1. The standard InChI is InChI=1S/C11H19N5O/c1-8-4-15(5-9(2)14-8)11(17)10(3)16-7-12-6-13-16/h6-10,14H,4-5H2,1-3H3. The van der Waals surface area contributed by atoms with E-state index in [1.165, 1.54) is 6.33 Å². The van der Waals surface area contributed by atoms with Gasteiger partial charge in [0.15, 0.2) is 0 Å². The first-order valence-corrected chi connectivity index (χ1v) is 5.97. The molecule has 0 spiro atoms. The zero-order valence-electron chi connectivity index (χ0n) is 10.5. The highest BCUT2D eigenvalue weighted by Crippen LogP contribution is 2.12. The molecule has 1 saturated heterocycles. The quantitative estimate of drug-likeness (QED) is 0.789. The van der Waals surface area contributed by atoms with Crippen LogP contribution in [0, 0.1) is 0 Å². The number of aromatic nitrogens is 3. The number of carbonyl (C=O) groups excluding carboxylic acids is 1. The Labute approximate surface area is 101 Å². The summed E-state index contributed by atoms with van der Waals surface area (Å²) in [5.41, 5.74) is 0. The van der Waals surface area contributed by atoms with E-state index in [0.717, 1.165) is 13.1 Å². The van der Waals surface area contributed by atoms with E-state index < -0.39 is 0 Å². The predicted octanol–water partition coefficient (Wildman–Crippen LogP) is 0.0479. The van der Waals surface area contributed by atoms with E-state index >= 15 is 0 Å². The smallest absolute Gasteiger partial charge is 0.247 e. The fourth-order valence-electron chi connectivity index (χ4n) is 2.30. The normalized spacial score (nSPS) is 26.9. The third-order valence-corrected chi connectivity index (χ3v) is 3.06. The maximum Gasteiger partial charge on any atom is 0.247 e. The van der Waals surface area contributed by atoms with Gasteiger partial charge in [-0.15, -0.1) is 0 Å². The molecule has 0 aliphatic carbocycles. The van der Waals surface area contributed by atoms with Crippen molar-refractivity contribution in [2.75, 3.05) is 13.1 Å². The number of nitrogens with zero attached hydrogens (tertiary/aromatic N) is 4. The first-order chi connectivity index (χ1) is 8.08. The first-order valence-electron chi connectivity index (χ1n) is 5.97. The summed E-state index contributed by atoms with van der Waals surface area (Å²) in [5.74, 6) is 0.107. The highest BCUT2D eigenvalue weighted by Gasteiger charge is 2.28. The van der Waals surface area contributed by atoms with E-state index in [4.69, 9.17) is 0 Å². The number of rotatable bonds is 2. The molecule has 1 aromatic rings. The third-order valence-electron chi connectivity index (χ3n) is 3.06. The van der Waals surface area contributed by atoms with Crippen LogP contribution < -0.4 is 5.32 Å². The molecule has 0 radical (unpaired) electrons. The summed E-state index contributed by atoms with van der Waals surface area (Å²) in [6, 6.07) is 0.395. The molecule has 2 rings (SSSR count). The van der Waals surface area contributed by atoms with E-state index in [2.05, 4.69) is 29.2 Å². The van der Waals surface area contributed by atoms with Crippen LogP contribution in [0.3, 0.4) is 0 Å². The Balaban J connectivity index is 2.04. The SMILES string of the molecule is CC1CN(C(=O)C(C)n2cncn2)CC(C)N1. The Morgan fingerprint density at radius 3 is 2.59 bits per heavy atom. The van der Waals surface area contributed by atoms with Crippen molar-refractivity contribution in [3.63, 3.8) is 0 Å². The minimum absolute atomic E-state index is 0.107. The second-order valence-corrected chi connectivity index (χ2v) is 4.76. The lowest BCUT2D eigenvalue weighted by molar-refractivity contribution is -0.136. The van der Waals surface area contributed by atoms with E-state index in [0.29, 0.717) is 12.1 Å². The lowest BCUT2D eigenvalue weighted by atomic mass is 10.1. The molecule has 0 aromatic carbocycles. The minimum Gasteiger partial charge on any atom is -0.338 e. The highest BCUT2D eigenvalue weighted by atomic mass is 16.2. The fourth-order valence-corrected chi connectivity index (χ4v) is 2.30. The van der Waals surface area contributed by atoms with Crippen LogP contribution in [-0.4, -0.2) is 50.7 Å². The molecule has 6 heteroatoms. The minimum atomic E-state index is -0.282. The second-order valence-electron chi connectivity index (χ2n) is 4.76. The summed E-state index contributed by atoms with van der Waals surface area (Å²) >= 11 is 0. The summed E-state index contributed by atoms with van der Waals surface area (Å²) in [6.07, 6.45) is 3.03. The van der Waals surface area contributed by atoms with E-state index in [9.17, 15) is 4.79 Å². The van der Waals surface area contributed by atoms with Crippen LogP contribution in [0.4, 0.5) is 0 Å². The predicted molar refractivity (Wildman–Crippen MR) is 63.4 cm³/mol. The van der Waals surface area contributed by atoms with Gasteiger partial charge in [0.05, 0.1) is 0 Å². The van der Waals surface area contributed by atoms with Gasteiger partial charge in [0, 0.05) is 25.2 Å². The Kier molecular flexibility index (Phi) is 3.42. The summed E-state index contributed by atoms with van der Waals surface area (Å²) in [7, 11) is 0. The van der Waals surface area contributed by atoms with Crippen LogP contribution in [0.2, 0.25) is 0 Å². The lowest BCUT2D eigenvalue weighted by Gasteiger charge is -2.37. The van der Waals surface area contributed by atoms with Crippen LogP contribution in [0.5, 0.6) is 0 Å². The molecule has 1 amide bonds. The molecule has 1 N–H and O–H groups in total. The van der Waals surface area contributed by atoms with Gasteiger partial charge in [-0.25, -0.2) is 9.67 Å². The van der Waals surface area contributed by atoms with Gasteiger partial charge in [0.25, 0.3) is 0 Å².